The molecule has 0 aromatic heterocycles. The van der Waals surface area contributed by atoms with Gasteiger partial charge in [-0.2, -0.15) is 0 Å². The summed E-state index contributed by atoms with van der Waals surface area (Å²) in [6.07, 6.45) is 0.940. The summed E-state index contributed by atoms with van der Waals surface area (Å²) in [4.78, 5) is 15.1. The Morgan fingerprint density at radius 3 is 2.42 bits per heavy atom. The molecule has 0 spiro atoms. The zero-order chi connectivity index (χ0) is 18.5. The number of likely N-dealkylation sites (N-methyl/N-ethyl adjacent to an activating group) is 1. The molecule has 2 aromatic carbocycles. The van der Waals surface area contributed by atoms with Crippen molar-refractivity contribution in [2.45, 2.75) is 27.2 Å². The second-order valence-corrected chi connectivity index (χ2v) is 6.44. The van der Waals surface area contributed by atoms with E-state index in [2.05, 4.69) is 25.7 Å². The van der Waals surface area contributed by atoms with Crippen molar-refractivity contribution < 1.29 is 14.3 Å². The highest BCUT2D eigenvalue weighted by molar-refractivity contribution is 6.22. The molecular weight excluding hydrogens is 326 g/mol. The van der Waals surface area contributed by atoms with Crippen molar-refractivity contribution in [3.8, 4) is 22.6 Å². The van der Waals surface area contributed by atoms with Crippen LogP contribution >= 0.6 is 0 Å². The van der Waals surface area contributed by atoms with Crippen molar-refractivity contribution in [3.63, 3.8) is 0 Å². The van der Waals surface area contributed by atoms with E-state index in [0.29, 0.717) is 24.3 Å². The van der Waals surface area contributed by atoms with Gasteiger partial charge in [0.15, 0.2) is 5.78 Å². The van der Waals surface area contributed by atoms with Crippen molar-refractivity contribution in [1.82, 2.24) is 4.90 Å². The third-order valence-corrected chi connectivity index (χ3v) is 4.81. The lowest BCUT2D eigenvalue weighted by molar-refractivity contribution is 0.104. The van der Waals surface area contributed by atoms with Crippen LogP contribution in [0.2, 0.25) is 0 Å². The lowest BCUT2D eigenvalue weighted by Crippen LogP contribution is -2.27. The summed E-state index contributed by atoms with van der Waals surface area (Å²) in [7, 11) is 0. The van der Waals surface area contributed by atoms with Crippen LogP contribution in [0.15, 0.2) is 36.4 Å². The number of hydrogen-bond donors (Lipinski definition) is 0. The fourth-order valence-corrected chi connectivity index (χ4v) is 3.33. The molecule has 0 heterocycles. The van der Waals surface area contributed by atoms with E-state index in [1.165, 1.54) is 0 Å². The molecule has 2 aromatic rings. The Labute approximate surface area is 155 Å². The van der Waals surface area contributed by atoms with Crippen LogP contribution in [-0.4, -0.2) is 43.5 Å². The molecular formula is C22H27NO3. The summed E-state index contributed by atoms with van der Waals surface area (Å²) in [6, 6.07) is 11.5. The molecule has 0 radical (unpaired) electrons. The van der Waals surface area contributed by atoms with Gasteiger partial charge in [-0.05, 0) is 49.3 Å². The van der Waals surface area contributed by atoms with Crippen molar-refractivity contribution in [3.05, 3.63) is 47.5 Å². The molecule has 138 valence electrons. The van der Waals surface area contributed by atoms with Crippen LogP contribution in [0.3, 0.4) is 0 Å². The molecule has 0 aliphatic heterocycles. The summed E-state index contributed by atoms with van der Waals surface area (Å²) in [5.74, 6) is 1.57. The Bertz CT molecular complexity index is 781. The van der Waals surface area contributed by atoms with Crippen LogP contribution in [0.4, 0.5) is 0 Å². The molecule has 0 saturated carbocycles. The van der Waals surface area contributed by atoms with Crippen molar-refractivity contribution in [2.24, 2.45) is 0 Å². The minimum atomic E-state index is 0.0474. The predicted molar refractivity (Wildman–Crippen MR) is 104 cm³/mol. The Morgan fingerprint density at radius 1 is 0.885 bits per heavy atom. The van der Waals surface area contributed by atoms with Gasteiger partial charge in [0, 0.05) is 23.2 Å². The molecule has 0 amide bonds. The number of ketones is 1. The number of fused-ring (bicyclic) bond motifs is 3. The Balaban J connectivity index is 1.85. The fraction of sp³-hybridized carbons (Fsp3) is 0.409. The lowest BCUT2D eigenvalue weighted by atomic mass is 10.0. The van der Waals surface area contributed by atoms with Gasteiger partial charge in [-0.3, -0.25) is 4.79 Å². The number of hydrogen-bond acceptors (Lipinski definition) is 4. The molecule has 4 nitrogen and oxygen atoms in total. The molecule has 0 atom stereocenters. The standard InChI is InChI=1S/C22H27NO3/c1-4-13-25-16-10-11-17-19(15-16)22(24)18-8-7-9-20(21(17)18)26-14-12-23(5-2)6-3/h7-11,15H,4-6,12-14H2,1-3H3. The van der Waals surface area contributed by atoms with Crippen LogP contribution in [0, 0.1) is 0 Å². The van der Waals surface area contributed by atoms with Crippen LogP contribution in [-0.2, 0) is 0 Å². The van der Waals surface area contributed by atoms with Gasteiger partial charge < -0.3 is 14.4 Å². The van der Waals surface area contributed by atoms with Crippen LogP contribution in [0.25, 0.3) is 11.1 Å². The van der Waals surface area contributed by atoms with Gasteiger partial charge in [-0.25, -0.2) is 0 Å². The second-order valence-electron chi connectivity index (χ2n) is 6.44. The van der Waals surface area contributed by atoms with E-state index in [9.17, 15) is 4.79 Å². The third kappa shape index (κ3) is 3.61. The lowest BCUT2D eigenvalue weighted by Gasteiger charge is -2.19. The molecule has 26 heavy (non-hydrogen) atoms. The zero-order valence-electron chi connectivity index (χ0n) is 15.9. The fourth-order valence-electron chi connectivity index (χ4n) is 3.33. The molecule has 1 aliphatic rings. The smallest absolute Gasteiger partial charge is 0.194 e. The quantitative estimate of drug-likeness (QED) is 0.571. The largest absolute Gasteiger partial charge is 0.494 e. The molecule has 4 heteroatoms. The van der Waals surface area contributed by atoms with Crippen molar-refractivity contribution in [2.75, 3.05) is 32.8 Å². The van der Waals surface area contributed by atoms with Gasteiger partial charge >= 0.3 is 0 Å². The Hall–Kier alpha value is -2.33. The molecule has 0 saturated heterocycles. The SMILES string of the molecule is CCCOc1ccc2c(c1)C(=O)c1cccc(OCCN(CC)CC)c1-2. The average Bonchev–Trinajstić information content (AvgIpc) is 2.96. The van der Waals surface area contributed by atoms with Gasteiger partial charge in [0.05, 0.1) is 6.61 Å². The van der Waals surface area contributed by atoms with Gasteiger partial charge in [0.25, 0.3) is 0 Å². The first kappa shape index (κ1) is 18.5. The molecule has 0 N–H and O–H groups in total. The van der Waals surface area contributed by atoms with Crippen LogP contribution in [0.1, 0.15) is 43.1 Å². The van der Waals surface area contributed by atoms with Gasteiger partial charge in [-0.15, -0.1) is 0 Å². The highest BCUT2D eigenvalue weighted by atomic mass is 16.5. The van der Waals surface area contributed by atoms with Gasteiger partial charge in [0.1, 0.15) is 18.1 Å². The van der Waals surface area contributed by atoms with E-state index in [1.807, 2.05) is 36.4 Å². The maximum Gasteiger partial charge on any atom is 0.194 e. The normalized spacial score (nSPS) is 12.2. The maximum atomic E-state index is 12.8. The van der Waals surface area contributed by atoms with E-state index >= 15 is 0 Å². The van der Waals surface area contributed by atoms with Crippen LogP contribution in [0.5, 0.6) is 11.5 Å². The summed E-state index contributed by atoms with van der Waals surface area (Å²) in [5, 5.41) is 0. The number of carbonyl (C=O) groups excluding carboxylic acids is 1. The first-order valence-corrected chi connectivity index (χ1v) is 9.49. The molecule has 3 rings (SSSR count). The Morgan fingerprint density at radius 2 is 1.69 bits per heavy atom. The highest BCUT2D eigenvalue weighted by Crippen LogP contribution is 2.43. The van der Waals surface area contributed by atoms with E-state index in [0.717, 1.165) is 48.7 Å². The molecule has 1 aliphatic carbocycles. The van der Waals surface area contributed by atoms with E-state index in [-0.39, 0.29) is 5.78 Å². The monoisotopic (exact) mass is 353 g/mol. The summed E-state index contributed by atoms with van der Waals surface area (Å²) in [5.41, 5.74) is 3.27. The highest BCUT2D eigenvalue weighted by Gasteiger charge is 2.30. The summed E-state index contributed by atoms with van der Waals surface area (Å²) >= 11 is 0. The number of ether oxygens (including phenoxy) is 2. The van der Waals surface area contributed by atoms with E-state index in [1.54, 1.807) is 0 Å². The second kappa shape index (κ2) is 8.37. The minimum Gasteiger partial charge on any atom is -0.494 e. The summed E-state index contributed by atoms with van der Waals surface area (Å²) < 4.78 is 11.7. The topological polar surface area (TPSA) is 38.8 Å². The zero-order valence-corrected chi connectivity index (χ0v) is 15.9. The third-order valence-electron chi connectivity index (χ3n) is 4.81. The van der Waals surface area contributed by atoms with Crippen LogP contribution < -0.4 is 9.47 Å². The maximum absolute atomic E-state index is 12.8. The molecule has 0 bridgehead atoms. The first-order valence-electron chi connectivity index (χ1n) is 9.49. The predicted octanol–water partition coefficient (Wildman–Crippen LogP) is 4.41. The van der Waals surface area contributed by atoms with E-state index < -0.39 is 0 Å². The molecule has 0 unspecified atom stereocenters. The van der Waals surface area contributed by atoms with Crippen molar-refractivity contribution in [1.29, 1.82) is 0 Å². The number of rotatable bonds is 9. The minimum absolute atomic E-state index is 0.0474. The average molecular weight is 353 g/mol. The van der Waals surface area contributed by atoms with Gasteiger partial charge in [-0.1, -0.05) is 32.9 Å². The number of benzene rings is 2. The summed E-state index contributed by atoms with van der Waals surface area (Å²) in [6.45, 7) is 10.5. The van der Waals surface area contributed by atoms with Gasteiger partial charge in [0.2, 0.25) is 0 Å². The first-order chi connectivity index (χ1) is 12.7. The number of nitrogens with zero attached hydrogens (tertiary/aromatic N) is 1. The Kier molecular flexibility index (Phi) is 5.94. The van der Waals surface area contributed by atoms with Crippen molar-refractivity contribution >= 4 is 5.78 Å². The molecule has 0 fully saturated rings. The number of carbonyl (C=O) groups is 1. The van der Waals surface area contributed by atoms with E-state index in [4.69, 9.17) is 9.47 Å².